The van der Waals surface area contributed by atoms with Gasteiger partial charge in [-0.1, -0.05) is 18.2 Å². The Bertz CT molecular complexity index is 586. The van der Waals surface area contributed by atoms with Crippen LogP contribution < -0.4 is 11.1 Å². The Morgan fingerprint density at radius 2 is 2.28 bits per heavy atom. The zero-order valence-electron chi connectivity index (χ0n) is 10.2. The summed E-state index contributed by atoms with van der Waals surface area (Å²) in [5, 5.41) is 10.9. The predicted octanol–water partition coefficient (Wildman–Crippen LogP) is 1.78. The molecular formula is C14H15N3O. The van der Waals surface area contributed by atoms with Gasteiger partial charge in [-0.3, -0.25) is 4.79 Å². The molecule has 0 saturated heterocycles. The van der Waals surface area contributed by atoms with Gasteiger partial charge in [0.1, 0.15) is 0 Å². The summed E-state index contributed by atoms with van der Waals surface area (Å²) in [6, 6.07) is 7.72. The lowest BCUT2D eigenvalue weighted by molar-refractivity contribution is -0.118. The number of anilines is 1. The minimum Gasteiger partial charge on any atom is -0.402 e. The fourth-order valence-corrected chi connectivity index (χ4v) is 2.87. The standard InChI is InChI=1S/C14H15N3O/c1-8(15)6-11(16)10-7-14(10)9-4-2-3-5-12(9)17-13(14)18/h2-6,10,16H,7,15H2,1H3,(H,17,18). The van der Waals surface area contributed by atoms with Gasteiger partial charge in [0.2, 0.25) is 5.91 Å². The molecule has 3 rings (SSSR count). The van der Waals surface area contributed by atoms with E-state index in [4.69, 9.17) is 11.1 Å². The van der Waals surface area contributed by atoms with E-state index < -0.39 is 5.41 Å². The van der Waals surface area contributed by atoms with Gasteiger partial charge in [0.25, 0.3) is 0 Å². The molecule has 2 aliphatic rings. The Labute approximate surface area is 105 Å². The zero-order chi connectivity index (χ0) is 12.9. The minimum atomic E-state index is -0.514. The normalized spacial score (nSPS) is 29.1. The van der Waals surface area contributed by atoms with Crippen LogP contribution in [0.4, 0.5) is 5.69 Å². The van der Waals surface area contributed by atoms with Crippen molar-refractivity contribution in [3.63, 3.8) is 0 Å². The Morgan fingerprint density at radius 3 is 3.00 bits per heavy atom. The summed E-state index contributed by atoms with van der Waals surface area (Å²) < 4.78 is 0. The van der Waals surface area contributed by atoms with Crippen LogP contribution in [0, 0.1) is 11.3 Å². The van der Waals surface area contributed by atoms with Crippen molar-refractivity contribution in [3.05, 3.63) is 41.6 Å². The minimum absolute atomic E-state index is 0.0153. The molecule has 1 spiro atoms. The number of fused-ring (bicyclic) bond motifs is 2. The molecule has 2 unspecified atom stereocenters. The number of hydrogen-bond acceptors (Lipinski definition) is 3. The zero-order valence-corrected chi connectivity index (χ0v) is 10.2. The lowest BCUT2D eigenvalue weighted by atomic mass is 9.93. The summed E-state index contributed by atoms with van der Waals surface area (Å²) in [5.41, 5.74) is 8.03. The number of para-hydroxylation sites is 1. The third kappa shape index (κ3) is 1.32. The van der Waals surface area contributed by atoms with Gasteiger partial charge in [0, 0.05) is 23.0 Å². The van der Waals surface area contributed by atoms with E-state index in [1.165, 1.54) is 0 Å². The molecule has 4 N–H and O–H groups in total. The average molecular weight is 241 g/mol. The number of nitrogens with two attached hydrogens (primary N) is 1. The maximum atomic E-state index is 12.2. The van der Waals surface area contributed by atoms with Gasteiger partial charge in [-0.2, -0.15) is 0 Å². The summed E-state index contributed by atoms with van der Waals surface area (Å²) in [6.07, 6.45) is 2.35. The van der Waals surface area contributed by atoms with Crippen LogP contribution in [0.1, 0.15) is 18.9 Å². The molecule has 92 valence electrons. The number of benzene rings is 1. The van der Waals surface area contributed by atoms with E-state index in [2.05, 4.69) is 5.32 Å². The van der Waals surface area contributed by atoms with E-state index in [0.29, 0.717) is 17.8 Å². The first-order valence-electron chi connectivity index (χ1n) is 5.99. The van der Waals surface area contributed by atoms with E-state index in [9.17, 15) is 4.79 Å². The van der Waals surface area contributed by atoms with Crippen LogP contribution in [0.15, 0.2) is 36.0 Å². The molecule has 1 aromatic carbocycles. The largest absolute Gasteiger partial charge is 0.402 e. The van der Waals surface area contributed by atoms with E-state index in [-0.39, 0.29) is 11.8 Å². The molecule has 4 heteroatoms. The van der Waals surface area contributed by atoms with Crippen molar-refractivity contribution in [2.75, 3.05) is 5.32 Å². The highest BCUT2D eigenvalue weighted by atomic mass is 16.2. The second-order valence-corrected chi connectivity index (χ2v) is 5.07. The number of carbonyl (C=O) groups is 1. The van der Waals surface area contributed by atoms with Crippen LogP contribution in [-0.2, 0) is 10.2 Å². The molecular weight excluding hydrogens is 226 g/mol. The molecule has 18 heavy (non-hydrogen) atoms. The highest BCUT2D eigenvalue weighted by Gasteiger charge is 2.65. The molecule has 1 aliphatic carbocycles. The molecule has 0 aromatic heterocycles. The number of carbonyl (C=O) groups excluding carboxylic acids is 1. The first-order valence-corrected chi connectivity index (χ1v) is 5.99. The Morgan fingerprint density at radius 1 is 1.56 bits per heavy atom. The average Bonchev–Trinajstić information content (AvgIpc) is 2.98. The third-order valence-corrected chi connectivity index (χ3v) is 3.78. The van der Waals surface area contributed by atoms with Crippen LogP contribution in [-0.4, -0.2) is 11.6 Å². The topological polar surface area (TPSA) is 79.0 Å². The van der Waals surface area contributed by atoms with Gasteiger partial charge < -0.3 is 16.5 Å². The Balaban J connectivity index is 1.98. The summed E-state index contributed by atoms with van der Waals surface area (Å²) in [5.74, 6) is -0.0267. The fraction of sp³-hybridized carbons (Fsp3) is 0.286. The lowest BCUT2D eigenvalue weighted by Crippen LogP contribution is -2.23. The summed E-state index contributed by atoms with van der Waals surface area (Å²) in [7, 11) is 0. The smallest absolute Gasteiger partial charge is 0.235 e. The van der Waals surface area contributed by atoms with Crippen LogP contribution in [0.2, 0.25) is 0 Å². The van der Waals surface area contributed by atoms with Crippen LogP contribution in [0.25, 0.3) is 0 Å². The van der Waals surface area contributed by atoms with Crippen molar-refractivity contribution >= 4 is 17.3 Å². The molecule has 1 aromatic rings. The molecule has 2 atom stereocenters. The molecule has 0 bridgehead atoms. The molecule has 1 saturated carbocycles. The third-order valence-electron chi connectivity index (χ3n) is 3.78. The van der Waals surface area contributed by atoms with Crippen molar-refractivity contribution in [1.29, 1.82) is 5.41 Å². The Hall–Kier alpha value is -2.10. The van der Waals surface area contributed by atoms with Crippen LogP contribution >= 0.6 is 0 Å². The number of amides is 1. The first-order chi connectivity index (χ1) is 8.55. The maximum Gasteiger partial charge on any atom is 0.235 e. The van der Waals surface area contributed by atoms with Crippen molar-refractivity contribution in [3.8, 4) is 0 Å². The second kappa shape index (κ2) is 3.45. The lowest BCUT2D eigenvalue weighted by Gasteiger charge is -2.07. The molecule has 0 radical (unpaired) electrons. The quantitative estimate of drug-likeness (QED) is 0.690. The number of rotatable bonds is 2. The molecule has 4 nitrogen and oxygen atoms in total. The van der Waals surface area contributed by atoms with E-state index in [1.54, 1.807) is 13.0 Å². The van der Waals surface area contributed by atoms with Gasteiger partial charge >= 0.3 is 0 Å². The summed E-state index contributed by atoms with van der Waals surface area (Å²) in [4.78, 5) is 12.2. The molecule has 1 heterocycles. The summed E-state index contributed by atoms with van der Waals surface area (Å²) in [6.45, 7) is 1.76. The van der Waals surface area contributed by atoms with Crippen molar-refractivity contribution in [2.45, 2.75) is 18.8 Å². The van der Waals surface area contributed by atoms with Crippen LogP contribution in [0.5, 0.6) is 0 Å². The van der Waals surface area contributed by atoms with E-state index in [1.807, 2.05) is 24.3 Å². The second-order valence-electron chi connectivity index (χ2n) is 5.07. The number of allylic oxidation sites excluding steroid dienone is 2. The highest BCUT2D eigenvalue weighted by molar-refractivity contribution is 6.15. The Kier molecular flexibility index (Phi) is 2.11. The molecule has 1 fully saturated rings. The highest BCUT2D eigenvalue weighted by Crippen LogP contribution is 2.60. The molecule has 1 amide bonds. The maximum absolute atomic E-state index is 12.2. The SMILES string of the molecule is CC(N)=CC(=N)C1CC12C(=O)Nc1ccccc12. The first kappa shape index (κ1) is 11.0. The van der Waals surface area contributed by atoms with Crippen molar-refractivity contribution in [2.24, 2.45) is 11.7 Å². The van der Waals surface area contributed by atoms with E-state index >= 15 is 0 Å². The predicted molar refractivity (Wildman–Crippen MR) is 70.5 cm³/mol. The van der Waals surface area contributed by atoms with Gasteiger partial charge in [0.05, 0.1) is 5.41 Å². The number of hydrogen-bond donors (Lipinski definition) is 3. The van der Waals surface area contributed by atoms with Gasteiger partial charge in [0.15, 0.2) is 0 Å². The van der Waals surface area contributed by atoms with Crippen molar-refractivity contribution < 1.29 is 4.79 Å². The van der Waals surface area contributed by atoms with Gasteiger partial charge in [-0.25, -0.2) is 0 Å². The van der Waals surface area contributed by atoms with Crippen LogP contribution in [0.3, 0.4) is 0 Å². The van der Waals surface area contributed by atoms with Crippen molar-refractivity contribution in [1.82, 2.24) is 0 Å². The summed E-state index contributed by atoms with van der Waals surface area (Å²) >= 11 is 0. The fourth-order valence-electron chi connectivity index (χ4n) is 2.87. The van der Waals surface area contributed by atoms with E-state index in [0.717, 1.165) is 11.3 Å². The van der Waals surface area contributed by atoms with Gasteiger partial charge in [-0.15, -0.1) is 0 Å². The molecule has 1 aliphatic heterocycles. The number of nitrogens with one attached hydrogen (secondary N) is 2. The van der Waals surface area contributed by atoms with Gasteiger partial charge in [-0.05, 0) is 31.1 Å². The monoisotopic (exact) mass is 241 g/mol.